The molecule has 1 aromatic heterocycles. The maximum absolute atomic E-state index is 13.4. The molecule has 0 radical (unpaired) electrons. The third-order valence-corrected chi connectivity index (χ3v) is 7.78. The summed E-state index contributed by atoms with van der Waals surface area (Å²) in [6.07, 6.45) is 2.18. The topological polar surface area (TPSA) is 140 Å². The Balaban J connectivity index is 1.81. The van der Waals surface area contributed by atoms with Crippen LogP contribution in [0.15, 0.2) is 47.4 Å². The van der Waals surface area contributed by atoms with E-state index < -0.39 is 16.0 Å². The molecule has 2 aromatic carbocycles. The van der Waals surface area contributed by atoms with Gasteiger partial charge in [-0.15, -0.1) is 0 Å². The number of aryl methyl sites for hydroxylation is 1. The monoisotopic (exact) mass is 526 g/mol. The van der Waals surface area contributed by atoms with Crippen molar-refractivity contribution in [3.8, 4) is 17.3 Å². The van der Waals surface area contributed by atoms with Gasteiger partial charge in [0.2, 0.25) is 21.8 Å². The Kier molecular flexibility index (Phi) is 7.37. The number of hydrogen-bond donors (Lipinski definition) is 3. The summed E-state index contributed by atoms with van der Waals surface area (Å²) in [6, 6.07) is 11.2. The van der Waals surface area contributed by atoms with Crippen molar-refractivity contribution in [2.75, 3.05) is 5.32 Å². The highest BCUT2D eigenvalue weighted by Gasteiger charge is 2.31. The Bertz CT molecular complexity index is 1440. The van der Waals surface area contributed by atoms with Crippen LogP contribution in [0.25, 0.3) is 5.69 Å². The standard InChI is InChI=1S/C26H30N4O6S/c1-5-16(3)29-37(34,35)22-14-19(27-24(31)18-8-9-18)10-13-21(22)36-25-17(4)23(26(32)33)28-30(25)20-11-6-15(2)7-12-20/h6-7,10-14,16,18,29H,5,8-9H2,1-4H3,(H,27,31)(H,32,33). The quantitative estimate of drug-likeness (QED) is 0.356. The van der Waals surface area contributed by atoms with Crippen molar-refractivity contribution >= 4 is 27.6 Å². The van der Waals surface area contributed by atoms with Crippen LogP contribution in [0.3, 0.4) is 0 Å². The Morgan fingerprint density at radius 1 is 1.16 bits per heavy atom. The van der Waals surface area contributed by atoms with Crippen molar-refractivity contribution in [2.45, 2.75) is 57.9 Å². The third-order valence-electron chi connectivity index (χ3n) is 6.17. The Labute approximate surface area is 215 Å². The van der Waals surface area contributed by atoms with Gasteiger partial charge in [0.05, 0.1) is 5.69 Å². The van der Waals surface area contributed by atoms with Gasteiger partial charge in [-0.3, -0.25) is 4.79 Å². The van der Waals surface area contributed by atoms with E-state index in [-0.39, 0.29) is 45.6 Å². The van der Waals surface area contributed by atoms with E-state index in [1.807, 2.05) is 26.0 Å². The van der Waals surface area contributed by atoms with Gasteiger partial charge >= 0.3 is 5.97 Å². The van der Waals surface area contributed by atoms with Crippen molar-refractivity contribution in [2.24, 2.45) is 5.92 Å². The molecule has 0 aliphatic heterocycles. The highest BCUT2D eigenvalue weighted by molar-refractivity contribution is 7.89. The van der Waals surface area contributed by atoms with Crippen LogP contribution < -0.4 is 14.8 Å². The molecule has 1 aliphatic carbocycles. The van der Waals surface area contributed by atoms with Gasteiger partial charge in [0.15, 0.2) is 5.69 Å². The number of ether oxygens (including phenoxy) is 1. The van der Waals surface area contributed by atoms with Crippen LogP contribution in [-0.2, 0) is 14.8 Å². The number of carbonyl (C=O) groups excluding carboxylic acids is 1. The third kappa shape index (κ3) is 5.83. The molecule has 1 aliphatic rings. The van der Waals surface area contributed by atoms with Crippen molar-refractivity contribution in [1.29, 1.82) is 0 Å². The molecular formula is C26H30N4O6S. The van der Waals surface area contributed by atoms with Gasteiger partial charge in [0.1, 0.15) is 10.6 Å². The summed E-state index contributed by atoms with van der Waals surface area (Å²) >= 11 is 0. The minimum absolute atomic E-state index is 0.0338. The SMILES string of the molecule is CCC(C)NS(=O)(=O)c1cc(NC(=O)C2CC2)ccc1Oc1c(C)c(C(=O)O)nn1-c1ccc(C)cc1. The molecule has 1 amide bonds. The summed E-state index contributed by atoms with van der Waals surface area (Å²) in [4.78, 5) is 23.9. The van der Waals surface area contributed by atoms with Crippen molar-refractivity contribution in [3.63, 3.8) is 0 Å². The van der Waals surface area contributed by atoms with E-state index in [9.17, 15) is 23.1 Å². The minimum Gasteiger partial charge on any atom is -0.476 e. The number of hydrogen-bond acceptors (Lipinski definition) is 6. The molecular weight excluding hydrogens is 496 g/mol. The average Bonchev–Trinajstić information content (AvgIpc) is 3.65. The molecule has 11 heteroatoms. The first-order chi connectivity index (χ1) is 17.5. The maximum atomic E-state index is 13.4. The molecule has 3 aromatic rings. The molecule has 0 bridgehead atoms. The smallest absolute Gasteiger partial charge is 0.356 e. The van der Waals surface area contributed by atoms with Gasteiger partial charge in [-0.2, -0.15) is 9.78 Å². The fraction of sp³-hybridized carbons (Fsp3) is 0.346. The van der Waals surface area contributed by atoms with Gasteiger partial charge in [0.25, 0.3) is 0 Å². The van der Waals surface area contributed by atoms with Gasteiger partial charge < -0.3 is 15.2 Å². The van der Waals surface area contributed by atoms with E-state index in [2.05, 4.69) is 15.1 Å². The summed E-state index contributed by atoms with van der Waals surface area (Å²) in [6.45, 7) is 7.07. The first-order valence-corrected chi connectivity index (χ1v) is 13.5. The lowest BCUT2D eigenvalue weighted by molar-refractivity contribution is -0.117. The zero-order valence-corrected chi connectivity index (χ0v) is 21.9. The predicted octanol–water partition coefficient (Wildman–Crippen LogP) is 4.40. The average molecular weight is 527 g/mol. The van der Waals surface area contributed by atoms with E-state index in [1.54, 1.807) is 32.0 Å². The second-order valence-electron chi connectivity index (χ2n) is 9.29. The molecule has 1 fully saturated rings. The Hall–Kier alpha value is -3.70. The van der Waals surface area contributed by atoms with Crippen LogP contribution in [0.4, 0.5) is 5.69 Å². The number of carboxylic acid groups (broad SMARTS) is 1. The predicted molar refractivity (Wildman–Crippen MR) is 138 cm³/mol. The summed E-state index contributed by atoms with van der Waals surface area (Å²) in [5.74, 6) is -1.43. The highest BCUT2D eigenvalue weighted by Crippen LogP contribution is 2.36. The molecule has 196 valence electrons. The fourth-order valence-corrected chi connectivity index (χ4v) is 5.13. The normalized spacial score (nSPS) is 14.3. The summed E-state index contributed by atoms with van der Waals surface area (Å²) in [5, 5.41) is 16.6. The summed E-state index contributed by atoms with van der Waals surface area (Å²) in [5.41, 5.74) is 1.89. The van der Waals surface area contributed by atoms with Crippen LogP contribution in [-0.4, -0.2) is 41.2 Å². The number of rotatable bonds is 10. The first-order valence-electron chi connectivity index (χ1n) is 12.0. The van der Waals surface area contributed by atoms with E-state index >= 15 is 0 Å². The van der Waals surface area contributed by atoms with Gasteiger partial charge in [0, 0.05) is 23.2 Å². The minimum atomic E-state index is -4.06. The molecule has 0 saturated heterocycles. The van der Waals surface area contributed by atoms with Gasteiger partial charge in [-0.1, -0.05) is 24.6 Å². The number of aromatic carboxylic acids is 1. The van der Waals surface area contributed by atoms with Crippen LogP contribution in [0.1, 0.15) is 54.7 Å². The number of carbonyl (C=O) groups is 2. The van der Waals surface area contributed by atoms with Crippen LogP contribution >= 0.6 is 0 Å². The lowest BCUT2D eigenvalue weighted by Gasteiger charge is -2.17. The number of anilines is 1. The second-order valence-corrected chi connectivity index (χ2v) is 11.0. The zero-order chi connectivity index (χ0) is 26.9. The van der Waals surface area contributed by atoms with Crippen LogP contribution in [0.5, 0.6) is 11.6 Å². The summed E-state index contributed by atoms with van der Waals surface area (Å²) in [7, 11) is -4.06. The lowest BCUT2D eigenvalue weighted by Crippen LogP contribution is -2.32. The van der Waals surface area contributed by atoms with E-state index in [0.29, 0.717) is 17.8 Å². The molecule has 3 N–H and O–H groups in total. The molecule has 37 heavy (non-hydrogen) atoms. The number of nitrogens with zero attached hydrogens (tertiary/aromatic N) is 2. The largest absolute Gasteiger partial charge is 0.476 e. The summed E-state index contributed by atoms with van der Waals surface area (Å²) < 4.78 is 36.8. The number of sulfonamides is 1. The number of nitrogens with one attached hydrogen (secondary N) is 2. The lowest BCUT2D eigenvalue weighted by atomic mass is 10.2. The van der Waals surface area contributed by atoms with E-state index in [4.69, 9.17) is 4.74 Å². The molecule has 1 atom stereocenters. The number of amides is 1. The molecule has 1 heterocycles. The molecule has 1 unspecified atom stereocenters. The molecule has 10 nitrogen and oxygen atoms in total. The molecule has 0 spiro atoms. The van der Waals surface area contributed by atoms with Crippen molar-refractivity contribution in [1.82, 2.24) is 14.5 Å². The van der Waals surface area contributed by atoms with Gasteiger partial charge in [-0.05, 0) is 70.4 Å². The highest BCUT2D eigenvalue weighted by atomic mass is 32.2. The fourth-order valence-electron chi connectivity index (χ4n) is 3.65. The van der Waals surface area contributed by atoms with Crippen molar-refractivity contribution < 1.29 is 27.9 Å². The zero-order valence-electron chi connectivity index (χ0n) is 21.1. The van der Waals surface area contributed by atoms with Crippen molar-refractivity contribution in [3.05, 3.63) is 59.3 Å². The van der Waals surface area contributed by atoms with E-state index in [1.165, 1.54) is 16.8 Å². The molecule has 1 saturated carbocycles. The van der Waals surface area contributed by atoms with Gasteiger partial charge in [-0.25, -0.2) is 17.9 Å². The van der Waals surface area contributed by atoms with E-state index in [0.717, 1.165) is 18.4 Å². The Morgan fingerprint density at radius 2 is 1.84 bits per heavy atom. The van der Waals surface area contributed by atoms with Crippen LogP contribution in [0.2, 0.25) is 0 Å². The van der Waals surface area contributed by atoms with Crippen LogP contribution in [0, 0.1) is 19.8 Å². The Morgan fingerprint density at radius 3 is 2.43 bits per heavy atom. The number of aromatic nitrogens is 2. The number of benzene rings is 2. The second kappa shape index (κ2) is 10.3. The number of carboxylic acids is 1. The maximum Gasteiger partial charge on any atom is 0.356 e. The molecule has 4 rings (SSSR count). The first kappa shape index (κ1) is 26.4.